The van der Waals surface area contributed by atoms with Crippen molar-refractivity contribution in [1.29, 1.82) is 0 Å². The number of rotatable bonds is 7. The van der Waals surface area contributed by atoms with Crippen LogP contribution in [0.25, 0.3) is 0 Å². The van der Waals surface area contributed by atoms with Gasteiger partial charge in [0.2, 0.25) is 0 Å². The van der Waals surface area contributed by atoms with Gasteiger partial charge in [-0.25, -0.2) is 4.79 Å². The first-order valence-electron chi connectivity index (χ1n) is 8.63. The van der Waals surface area contributed by atoms with Crippen molar-refractivity contribution >= 4 is 23.9 Å². The lowest BCUT2D eigenvalue weighted by Gasteiger charge is -2.19. The molecule has 0 unspecified atom stereocenters. The third-order valence-electron chi connectivity index (χ3n) is 3.86. The maximum Gasteiger partial charge on any atom is 0.344 e. The zero-order valence-corrected chi connectivity index (χ0v) is 15.2. The first-order valence-corrected chi connectivity index (χ1v) is 8.63. The number of benzene rings is 2. The smallest absolute Gasteiger partial charge is 0.344 e. The van der Waals surface area contributed by atoms with Crippen LogP contribution in [0.4, 0.5) is 5.69 Å². The van der Waals surface area contributed by atoms with Gasteiger partial charge < -0.3 is 24.3 Å². The molecule has 0 spiro atoms. The summed E-state index contributed by atoms with van der Waals surface area (Å²) in [4.78, 5) is 34.7. The van der Waals surface area contributed by atoms with Gasteiger partial charge in [0, 0.05) is 17.3 Å². The number of carbonyl (C=O) groups is 3. The number of hydrogen-bond acceptors (Lipinski definition) is 7. The van der Waals surface area contributed by atoms with Gasteiger partial charge in [-0.1, -0.05) is 0 Å². The zero-order valence-electron chi connectivity index (χ0n) is 15.2. The molecule has 0 fully saturated rings. The Kier molecular flexibility index (Phi) is 6.11. The predicted molar refractivity (Wildman–Crippen MR) is 98.9 cm³/mol. The third kappa shape index (κ3) is 5.00. The molecule has 1 atom stereocenters. The molecule has 0 aliphatic carbocycles. The molecule has 2 aromatic carbocycles. The highest BCUT2D eigenvalue weighted by molar-refractivity contribution is 5.95. The highest BCUT2D eigenvalue weighted by Gasteiger charge is 2.19. The van der Waals surface area contributed by atoms with Crippen molar-refractivity contribution < 1.29 is 33.3 Å². The Morgan fingerprint density at radius 1 is 1.11 bits per heavy atom. The molecule has 0 aromatic heterocycles. The van der Waals surface area contributed by atoms with E-state index in [1.807, 2.05) is 0 Å². The topological polar surface area (TPSA) is 100 Å². The summed E-state index contributed by atoms with van der Waals surface area (Å²) < 4.78 is 21.2. The molecule has 1 amide bonds. The van der Waals surface area contributed by atoms with E-state index in [9.17, 15) is 14.4 Å². The van der Waals surface area contributed by atoms with Crippen LogP contribution in [0, 0.1) is 0 Å². The van der Waals surface area contributed by atoms with Crippen LogP contribution in [-0.4, -0.2) is 44.1 Å². The van der Waals surface area contributed by atoms with Crippen LogP contribution in [0.5, 0.6) is 17.2 Å². The van der Waals surface area contributed by atoms with Crippen LogP contribution in [0.15, 0.2) is 42.5 Å². The molecule has 1 heterocycles. The number of carbonyl (C=O) groups excluding carboxylic acids is 3. The fourth-order valence-corrected chi connectivity index (χ4v) is 2.43. The van der Waals surface area contributed by atoms with Crippen molar-refractivity contribution in [3.63, 3.8) is 0 Å². The minimum absolute atomic E-state index is 0.359. The summed E-state index contributed by atoms with van der Waals surface area (Å²) in [6, 6.07) is 11.3. The highest BCUT2D eigenvalue weighted by atomic mass is 16.6. The minimum Gasteiger partial charge on any atom is -0.486 e. The van der Waals surface area contributed by atoms with E-state index >= 15 is 0 Å². The van der Waals surface area contributed by atoms with Gasteiger partial charge in [0.25, 0.3) is 5.91 Å². The number of amides is 1. The molecule has 1 aliphatic heterocycles. The molecule has 0 saturated carbocycles. The summed E-state index contributed by atoms with van der Waals surface area (Å²) in [5.74, 6) is 0.394. The number of fused-ring (bicyclic) bond motifs is 1. The second-order valence-electron chi connectivity index (χ2n) is 5.96. The van der Waals surface area contributed by atoms with Crippen molar-refractivity contribution in [3.05, 3.63) is 48.0 Å². The second kappa shape index (κ2) is 8.90. The maximum absolute atomic E-state index is 12.2. The molecule has 2 aromatic rings. The van der Waals surface area contributed by atoms with Gasteiger partial charge in [-0.05, 0) is 43.3 Å². The van der Waals surface area contributed by atoms with Gasteiger partial charge in [0.1, 0.15) is 25.2 Å². The van der Waals surface area contributed by atoms with Crippen LogP contribution in [0.1, 0.15) is 17.3 Å². The highest BCUT2D eigenvalue weighted by Crippen LogP contribution is 2.32. The van der Waals surface area contributed by atoms with Crippen molar-refractivity contribution in [1.82, 2.24) is 0 Å². The van der Waals surface area contributed by atoms with Gasteiger partial charge in [-0.2, -0.15) is 0 Å². The second-order valence-corrected chi connectivity index (χ2v) is 5.96. The van der Waals surface area contributed by atoms with E-state index < -0.39 is 18.0 Å². The Hall–Kier alpha value is -3.55. The molecule has 1 aliphatic rings. The van der Waals surface area contributed by atoms with E-state index in [0.717, 1.165) is 0 Å². The van der Waals surface area contributed by atoms with Gasteiger partial charge in [-0.3, -0.25) is 9.59 Å². The number of esters is 1. The Bertz CT molecular complexity index is 863. The van der Waals surface area contributed by atoms with E-state index in [4.69, 9.17) is 18.9 Å². The normalized spacial score (nSPS) is 13.2. The molecular formula is C20H19NO7. The van der Waals surface area contributed by atoms with Gasteiger partial charge in [0.05, 0.1) is 0 Å². The molecule has 3 rings (SSSR count). The summed E-state index contributed by atoms with van der Waals surface area (Å²) in [5, 5.41) is 2.66. The minimum atomic E-state index is -1.01. The Balaban J connectivity index is 1.47. The van der Waals surface area contributed by atoms with Gasteiger partial charge in [-0.15, -0.1) is 0 Å². The number of nitrogens with one attached hydrogen (secondary N) is 1. The average Bonchev–Trinajstić information content (AvgIpc) is 2.72. The van der Waals surface area contributed by atoms with Gasteiger partial charge in [0.15, 0.2) is 24.2 Å². The van der Waals surface area contributed by atoms with E-state index in [-0.39, 0.29) is 6.61 Å². The molecule has 8 nitrogen and oxygen atoms in total. The zero-order chi connectivity index (χ0) is 19.9. The van der Waals surface area contributed by atoms with E-state index in [2.05, 4.69) is 5.32 Å². The third-order valence-corrected chi connectivity index (χ3v) is 3.86. The first-order chi connectivity index (χ1) is 13.5. The molecule has 28 heavy (non-hydrogen) atoms. The van der Waals surface area contributed by atoms with E-state index in [1.165, 1.54) is 6.92 Å². The SMILES string of the molecule is C[C@@H](OC(=O)COc1ccc(C=O)cc1)C(=O)Nc1ccc2c(c1)OCCO2. The summed E-state index contributed by atoms with van der Waals surface area (Å²) in [6.07, 6.45) is -0.304. The largest absolute Gasteiger partial charge is 0.486 e. The molecular weight excluding hydrogens is 366 g/mol. The maximum atomic E-state index is 12.2. The summed E-state index contributed by atoms with van der Waals surface area (Å²) in [7, 11) is 0. The monoisotopic (exact) mass is 385 g/mol. The van der Waals surface area contributed by atoms with Gasteiger partial charge >= 0.3 is 5.97 Å². The molecule has 146 valence electrons. The fraction of sp³-hybridized carbons (Fsp3) is 0.250. The number of anilines is 1. The Labute approximate surface area is 161 Å². The molecule has 0 bridgehead atoms. The lowest BCUT2D eigenvalue weighted by Crippen LogP contribution is -2.31. The van der Waals surface area contributed by atoms with Crippen molar-refractivity contribution in [3.8, 4) is 17.2 Å². The number of hydrogen-bond donors (Lipinski definition) is 1. The van der Waals surface area contributed by atoms with Crippen LogP contribution in [0.2, 0.25) is 0 Å². The summed E-state index contributed by atoms with van der Waals surface area (Å²) >= 11 is 0. The van der Waals surface area contributed by atoms with Crippen molar-refractivity contribution in [2.24, 2.45) is 0 Å². The lowest BCUT2D eigenvalue weighted by molar-refractivity contribution is -0.155. The Morgan fingerprint density at radius 3 is 2.54 bits per heavy atom. The van der Waals surface area contributed by atoms with Crippen molar-refractivity contribution in [2.45, 2.75) is 13.0 Å². The molecule has 1 N–H and O–H groups in total. The van der Waals surface area contributed by atoms with Crippen LogP contribution in [-0.2, 0) is 14.3 Å². The predicted octanol–water partition coefficient (Wildman–Crippen LogP) is 2.22. The van der Waals surface area contributed by atoms with Crippen LogP contribution >= 0.6 is 0 Å². The van der Waals surface area contributed by atoms with Crippen molar-refractivity contribution in [2.75, 3.05) is 25.1 Å². The standard InChI is InChI=1S/C20H19NO7/c1-13(28-19(23)12-27-16-5-2-14(11-22)3-6-16)20(24)21-15-4-7-17-18(10-15)26-9-8-25-17/h2-7,10-11,13H,8-9,12H2,1H3,(H,21,24)/t13-/m1/s1. The first kappa shape index (κ1) is 19.2. The number of aldehydes is 1. The van der Waals surface area contributed by atoms with Crippen LogP contribution < -0.4 is 19.5 Å². The Morgan fingerprint density at radius 2 is 1.82 bits per heavy atom. The quantitative estimate of drug-likeness (QED) is 0.576. The average molecular weight is 385 g/mol. The van der Waals surface area contributed by atoms with E-state index in [1.54, 1.807) is 42.5 Å². The number of ether oxygens (including phenoxy) is 4. The molecule has 8 heteroatoms. The van der Waals surface area contributed by atoms with Crippen LogP contribution in [0.3, 0.4) is 0 Å². The molecule has 0 radical (unpaired) electrons. The van der Waals surface area contributed by atoms with E-state index in [0.29, 0.717) is 48.0 Å². The molecule has 0 saturated heterocycles. The summed E-state index contributed by atoms with van der Waals surface area (Å²) in [5.41, 5.74) is 1.00. The fourth-order valence-electron chi connectivity index (χ4n) is 2.43. The summed E-state index contributed by atoms with van der Waals surface area (Å²) in [6.45, 7) is 2.03. The lowest BCUT2D eigenvalue weighted by atomic mass is 10.2.